The van der Waals surface area contributed by atoms with Gasteiger partial charge in [0, 0.05) is 0 Å². The Morgan fingerprint density at radius 3 is 1.68 bits per heavy atom. The van der Waals surface area contributed by atoms with Gasteiger partial charge in [0.1, 0.15) is 0 Å². The number of aliphatic carboxylic acids is 1. The van der Waals surface area contributed by atoms with Crippen molar-refractivity contribution in [1.29, 1.82) is 0 Å². The maximum absolute atomic E-state index is 10.2. The average molecular weight is 282 g/mol. The van der Waals surface area contributed by atoms with E-state index < -0.39 is 11.9 Å². The normalized spacial score (nSPS) is 9.42. The van der Waals surface area contributed by atoms with Crippen LogP contribution < -0.4 is 0 Å². The van der Waals surface area contributed by atoms with Crippen LogP contribution in [-0.2, 0) is 23.8 Å². The maximum atomic E-state index is 10.2. The van der Waals surface area contributed by atoms with Gasteiger partial charge in [0.25, 0.3) is 0 Å². The zero-order valence-electron chi connectivity index (χ0n) is 11.0. The number of aliphatic hydroxyl groups is 2. The van der Waals surface area contributed by atoms with Crippen LogP contribution in [0.4, 0.5) is 0 Å². The molecule has 3 N–H and O–H groups in total. The molecule has 0 aromatic carbocycles. The molecule has 8 heteroatoms. The number of ether oxygens (including phenoxy) is 3. The zero-order chi connectivity index (χ0) is 14.9. The van der Waals surface area contributed by atoms with Crippen molar-refractivity contribution in [3.8, 4) is 0 Å². The molecule has 8 nitrogen and oxygen atoms in total. The first-order valence-corrected chi connectivity index (χ1v) is 5.74. The number of rotatable bonds is 10. The molecule has 0 aromatic heterocycles. The molecule has 0 unspecified atom stereocenters. The Kier molecular flexibility index (Phi) is 17.8. The lowest BCUT2D eigenvalue weighted by Crippen LogP contribution is -2.09. The molecule has 0 spiro atoms. The van der Waals surface area contributed by atoms with Crippen molar-refractivity contribution in [3.63, 3.8) is 0 Å². The molecule has 0 aliphatic rings. The van der Waals surface area contributed by atoms with Gasteiger partial charge in [-0.15, -0.1) is 0 Å². The molecule has 0 aromatic rings. The molecule has 0 aliphatic heterocycles. The van der Waals surface area contributed by atoms with E-state index in [0.29, 0.717) is 26.4 Å². The fourth-order valence-corrected chi connectivity index (χ4v) is 0.762. The van der Waals surface area contributed by atoms with Crippen LogP contribution in [0.15, 0.2) is 0 Å². The van der Waals surface area contributed by atoms with Crippen LogP contribution >= 0.6 is 0 Å². The summed E-state index contributed by atoms with van der Waals surface area (Å²) in [4.78, 5) is 20.0. The average Bonchev–Trinajstić information content (AvgIpc) is 2.40. The summed E-state index contributed by atoms with van der Waals surface area (Å²) >= 11 is 0. The Hall–Kier alpha value is -1.22. The smallest absolute Gasteiger partial charge is 0.306 e. The number of aliphatic hydroxyl groups excluding tert-OH is 2. The van der Waals surface area contributed by atoms with Crippen molar-refractivity contribution in [3.05, 3.63) is 0 Å². The Morgan fingerprint density at radius 1 is 0.895 bits per heavy atom. The van der Waals surface area contributed by atoms with Crippen LogP contribution in [0.25, 0.3) is 0 Å². The first-order chi connectivity index (χ1) is 9.08. The summed E-state index contributed by atoms with van der Waals surface area (Å²) in [6.07, 6.45) is -0.210. The molecule has 0 atom stereocenters. The fraction of sp³-hybridized carbons (Fsp3) is 0.818. The summed E-state index contributed by atoms with van der Waals surface area (Å²) < 4.78 is 13.9. The highest BCUT2D eigenvalue weighted by atomic mass is 16.5. The van der Waals surface area contributed by atoms with Crippen molar-refractivity contribution in [2.75, 3.05) is 46.8 Å². The van der Waals surface area contributed by atoms with Crippen molar-refractivity contribution in [2.45, 2.75) is 12.8 Å². The van der Waals surface area contributed by atoms with E-state index in [1.165, 1.54) is 7.11 Å². The predicted molar refractivity (Wildman–Crippen MR) is 64.7 cm³/mol. The highest BCUT2D eigenvalue weighted by Crippen LogP contribution is 1.89. The fourth-order valence-electron chi connectivity index (χ4n) is 0.762. The van der Waals surface area contributed by atoms with Crippen molar-refractivity contribution >= 4 is 11.9 Å². The van der Waals surface area contributed by atoms with Crippen LogP contribution in [0.1, 0.15) is 12.8 Å². The van der Waals surface area contributed by atoms with Gasteiger partial charge >= 0.3 is 11.9 Å². The van der Waals surface area contributed by atoms with Crippen LogP contribution in [0, 0.1) is 0 Å². The van der Waals surface area contributed by atoms with Gasteiger partial charge in [-0.2, -0.15) is 0 Å². The van der Waals surface area contributed by atoms with E-state index in [-0.39, 0.29) is 26.1 Å². The summed E-state index contributed by atoms with van der Waals surface area (Å²) in [5.41, 5.74) is 0. The third-order valence-corrected chi connectivity index (χ3v) is 1.61. The summed E-state index contributed by atoms with van der Waals surface area (Å²) in [5, 5.41) is 24.6. The van der Waals surface area contributed by atoms with Gasteiger partial charge in [-0.05, 0) is 0 Å². The second kappa shape index (κ2) is 16.8. The van der Waals surface area contributed by atoms with E-state index >= 15 is 0 Å². The van der Waals surface area contributed by atoms with Crippen LogP contribution in [0.5, 0.6) is 0 Å². The lowest BCUT2D eigenvalue weighted by Gasteiger charge is -2.01. The number of methoxy groups -OCH3 is 1. The van der Waals surface area contributed by atoms with Crippen LogP contribution in [0.2, 0.25) is 0 Å². The molecule has 0 heterocycles. The third-order valence-electron chi connectivity index (χ3n) is 1.61. The molecule has 0 saturated heterocycles. The Labute approximate surface area is 111 Å². The number of esters is 1. The van der Waals surface area contributed by atoms with Gasteiger partial charge in [-0.3, -0.25) is 9.59 Å². The second-order valence-electron chi connectivity index (χ2n) is 3.14. The summed E-state index contributed by atoms with van der Waals surface area (Å²) in [6.45, 7) is 1.73. The van der Waals surface area contributed by atoms with Crippen molar-refractivity contribution in [2.24, 2.45) is 0 Å². The Morgan fingerprint density at radius 2 is 1.37 bits per heavy atom. The standard InChI is InChI=1S/C6H14O4.C5H8O4/c7-1-3-9-5-6-10-4-2-8;1-9-5(8)3-2-4(6)7/h7-8H,1-6H2;2-3H2,1H3,(H,6,7). The van der Waals surface area contributed by atoms with Gasteiger partial charge < -0.3 is 29.5 Å². The van der Waals surface area contributed by atoms with Gasteiger partial charge in [0.15, 0.2) is 0 Å². The largest absolute Gasteiger partial charge is 0.481 e. The maximum Gasteiger partial charge on any atom is 0.306 e. The SMILES string of the molecule is COC(=O)CCC(=O)O.OCCOCCOCCO. The molecule has 0 amide bonds. The molecular weight excluding hydrogens is 260 g/mol. The van der Waals surface area contributed by atoms with Crippen molar-refractivity contribution in [1.82, 2.24) is 0 Å². The quantitative estimate of drug-likeness (QED) is 0.345. The van der Waals surface area contributed by atoms with E-state index in [0.717, 1.165) is 0 Å². The highest BCUT2D eigenvalue weighted by molar-refractivity contribution is 5.76. The molecule has 0 bridgehead atoms. The minimum absolute atomic E-state index is 0.0417. The first kappa shape index (κ1) is 20.1. The molecule has 0 fully saturated rings. The molecule has 0 saturated carbocycles. The lowest BCUT2D eigenvalue weighted by atomic mass is 10.3. The number of hydrogen-bond acceptors (Lipinski definition) is 7. The number of hydrogen-bond donors (Lipinski definition) is 3. The third kappa shape index (κ3) is 22.4. The second-order valence-corrected chi connectivity index (χ2v) is 3.14. The Bertz CT molecular complexity index is 211. The summed E-state index contributed by atoms with van der Waals surface area (Å²) in [7, 11) is 1.23. The van der Waals surface area contributed by atoms with E-state index in [9.17, 15) is 9.59 Å². The number of carbonyl (C=O) groups excluding carboxylic acids is 1. The Balaban J connectivity index is 0. The monoisotopic (exact) mass is 282 g/mol. The highest BCUT2D eigenvalue weighted by Gasteiger charge is 2.02. The van der Waals surface area contributed by atoms with Crippen LogP contribution in [-0.4, -0.2) is 74.0 Å². The van der Waals surface area contributed by atoms with E-state index in [4.69, 9.17) is 24.8 Å². The number of carboxylic acid groups (broad SMARTS) is 1. The molecule has 0 aliphatic carbocycles. The minimum atomic E-state index is -0.986. The van der Waals surface area contributed by atoms with E-state index in [1.54, 1.807) is 0 Å². The first-order valence-electron chi connectivity index (χ1n) is 5.74. The van der Waals surface area contributed by atoms with E-state index in [1.807, 2.05) is 0 Å². The van der Waals surface area contributed by atoms with Gasteiger partial charge in [0.2, 0.25) is 0 Å². The minimum Gasteiger partial charge on any atom is -0.481 e. The molecule has 0 rings (SSSR count). The van der Waals surface area contributed by atoms with Crippen LogP contribution in [0.3, 0.4) is 0 Å². The number of carbonyl (C=O) groups is 2. The zero-order valence-corrected chi connectivity index (χ0v) is 11.0. The van der Waals surface area contributed by atoms with Gasteiger partial charge in [0.05, 0.1) is 59.6 Å². The van der Waals surface area contributed by atoms with E-state index in [2.05, 4.69) is 4.74 Å². The molecular formula is C11H22O8. The van der Waals surface area contributed by atoms with Gasteiger partial charge in [-0.1, -0.05) is 0 Å². The molecule has 0 radical (unpaired) electrons. The molecule has 114 valence electrons. The number of carboxylic acids is 1. The van der Waals surface area contributed by atoms with Gasteiger partial charge in [-0.25, -0.2) is 0 Å². The predicted octanol–water partition coefficient (Wildman–Crippen LogP) is -0.972. The summed E-state index contributed by atoms with van der Waals surface area (Å²) in [5.74, 6) is -1.47. The van der Waals surface area contributed by atoms with Crippen molar-refractivity contribution < 1.29 is 39.1 Å². The summed E-state index contributed by atoms with van der Waals surface area (Å²) in [6, 6.07) is 0. The molecule has 19 heavy (non-hydrogen) atoms. The topological polar surface area (TPSA) is 123 Å². The lowest BCUT2D eigenvalue weighted by molar-refractivity contribution is -0.145.